The molecule has 0 saturated carbocycles. The third-order valence-corrected chi connectivity index (χ3v) is 6.34. The zero-order valence-electron chi connectivity index (χ0n) is 18.1. The van der Waals surface area contributed by atoms with E-state index in [1.165, 1.54) is 6.07 Å². The van der Waals surface area contributed by atoms with Crippen LogP contribution in [0, 0.1) is 6.92 Å². The normalized spacial score (nSPS) is 12.2. The van der Waals surface area contributed by atoms with Gasteiger partial charge in [0.05, 0.1) is 11.5 Å². The number of sulfonamides is 1. The number of carbonyl (C=O) groups excluding carboxylic acids is 1. The molecule has 0 saturated heterocycles. The molecule has 1 heterocycles. The zero-order valence-corrected chi connectivity index (χ0v) is 18.9. The molecule has 0 radical (unpaired) electrons. The highest BCUT2D eigenvalue weighted by atomic mass is 32.2. The summed E-state index contributed by atoms with van der Waals surface area (Å²) >= 11 is 0. The van der Waals surface area contributed by atoms with Crippen molar-refractivity contribution >= 4 is 15.9 Å². The van der Waals surface area contributed by atoms with E-state index in [0.29, 0.717) is 17.9 Å². The molecule has 1 unspecified atom stereocenters. The van der Waals surface area contributed by atoms with Crippen molar-refractivity contribution in [3.05, 3.63) is 89.7 Å². The molecule has 32 heavy (non-hydrogen) atoms. The van der Waals surface area contributed by atoms with Crippen molar-refractivity contribution in [3.8, 4) is 5.75 Å². The lowest BCUT2D eigenvalue weighted by atomic mass is 10.1. The number of hydrogen-bond acceptors (Lipinski definition) is 5. The summed E-state index contributed by atoms with van der Waals surface area (Å²) in [5.74, 6) is 0.222. The molecule has 0 fully saturated rings. The molecule has 0 aliphatic heterocycles. The Morgan fingerprint density at radius 1 is 1.03 bits per heavy atom. The van der Waals surface area contributed by atoms with Gasteiger partial charge in [0.1, 0.15) is 11.8 Å². The highest BCUT2D eigenvalue weighted by Crippen LogP contribution is 2.22. The van der Waals surface area contributed by atoms with Crippen molar-refractivity contribution in [2.75, 3.05) is 6.61 Å². The third kappa shape index (κ3) is 6.38. The molecule has 7 nitrogen and oxygen atoms in total. The Bertz CT molecular complexity index is 1140. The number of hydrogen-bond donors (Lipinski definition) is 2. The van der Waals surface area contributed by atoms with E-state index < -0.39 is 22.0 Å². The molecule has 0 spiro atoms. The van der Waals surface area contributed by atoms with E-state index >= 15 is 0 Å². The van der Waals surface area contributed by atoms with Crippen molar-refractivity contribution in [1.29, 1.82) is 0 Å². The smallest absolute Gasteiger partial charge is 0.241 e. The fraction of sp³-hybridized carbons (Fsp3) is 0.250. The third-order valence-electron chi connectivity index (χ3n) is 4.87. The molecule has 8 heteroatoms. The van der Waals surface area contributed by atoms with E-state index in [9.17, 15) is 13.2 Å². The molecular weight excluding hydrogens is 426 g/mol. The summed E-state index contributed by atoms with van der Waals surface area (Å²) in [7, 11) is -3.94. The SMILES string of the molecule is CCOc1ccc(S(=O)(=O)NC(Cc2ccccc2)C(=O)NCc2ccncc2)cc1C. The van der Waals surface area contributed by atoms with Gasteiger partial charge in [-0.05, 0) is 67.3 Å². The second kappa shape index (κ2) is 10.9. The number of nitrogens with one attached hydrogen (secondary N) is 2. The highest BCUT2D eigenvalue weighted by molar-refractivity contribution is 7.89. The number of benzene rings is 2. The minimum Gasteiger partial charge on any atom is -0.494 e. The molecule has 168 valence electrons. The van der Waals surface area contributed by atoms with Crippen LogP contribution in [-0.4, -0.2) is 32.0 Å². The first kappa shape index (κ1) is 23.4. The predicted octanol–water partition coefficient (Wildman–Crippen LogP) is 2.99. The monoisotopic (exact) mass is 453 g/mol. The fourth-order valence-corrected chi connectivity index (χ4v) is 4.49. The van der Waals surface area contributed by atoms with Gasteiger partial charge in [0.25, 0.3) is 0 Å². The number of ether oxygens (including phenoxy) is 1. The molecule has 0 aliphatic rings. The van der Waals surface area contributed by atoms with Gasteiger partial charge in [-0.15, -0.1) is 0 Å². The number of aromatic nitrogens is 1. The number of amides is 1. The van der Waals surface area contributed by atoms with Crippen LogP contribution in [0.15, 0.2) is 78.0 Å². The summed E-state index contributed by atoms with van der Waals surface area (Å²) in [6, 6.07) is 16.6. The summed E-state index contributed by atoms with van der Waals surface area (Å²) < 4.78 is 34.3. The van der Waals surface area contributed by atoms with Gasteiger partial charge in [0.2, 0.25) is 15.9 Å². The van der Waals surface area contributed by atoms with Crippen LogP contribution in [0.4, 0.5) is 0 Å². The molecule has 0 bridgehead atoms. The first-order valence-electron chi connectivity index (χ1n) is 10.4. The lowest BCUT2D eigenvalue weighted by Crippen LogP contribution is -2.47. The van der Waals surface area contributed by atoms with Crippen LogP contribution < -0.4 is 14.8 Å². The van der Waals surface area contributed by atoms with Gasteiger partial charge in [-0.25, -0.2) is 8.42 Å². The van der Waals surface area contributed by atoms with Gasteiger partial charge in [-0.2, -0.15) is 4.72 Å². The predicted molar refractivity (Wildman–Crippen MR) is 123 cm³/mol. The fourth-order valence-electron chi connectivity index (χ4n) is 3.21. The lowest BCUT2D eigenvalue weighted by Gasteiger charge is -2.19. The molecule has 3 rings (SSSR count). The van der Waals surface area contributed by atoms with Crippen molar-refractivity contribution in [3.63, 3.8) is 0 Å². The molecule has 0 aliphatic carbocycles. The van der Waals surface area contributed by atoms with E-state index in [4.69, 9.17) is 4.74 Å². The summed E-state index contributed by atoms with van der Waals surface area (Å²) in [6.45, 7) is 4.41. The summed E-state index contributed by atoms with van der Waals surface area (Å²) in [5.41, 5.74) is 2.43. The van der Waals surface area contributed by atoms with Crippen LogP contribution >= 0.6 is 0 Å². The molecule has 2 aromatic carbocycles. The van der Waals surface area contributed by atoms with Crippen LogP contribution in [0.5, 0.6) is 5.75 Å². The van der Waals surface area contributed by atoms with Crippen molar-refractivity contribution in [2.45, 2.75) is 37.8 Å². The van der Waals surface area contributed by atoms with Crippen LogP contribution in [-0.2, 0) is 27.8 Å². The van der Waals surface area contributed by atoms with Crippen LogP contribution in [0.25, 0.3) is 0 Å². The van der Waals surface area contributed by atoms with E-state index in [1.807, 2.05) is 37.3 Å². The molecule has 1 aromatic heterocycles. The first-order chi connectivity index (χ1) is 15.4. The van der Waals surface area contributed by atoms with Crippen molar-refractivity contribution in [1.82, 2.24) is 15.0 Å². The summed E-state index contributed by atoms with van der Waals surface area (Å²) in [6.07, 6.45) is 3.50. The first-order valence-corrected chi connectivity index (χ1v) is 11.8. The number of aryl methyl sites for hydroxylation is 1. The Balaban J connectivity index is 1.80. The summed E-state index contributed by atoms with van der Waals surface area (Å²) in [5, 5.41) is 2.82. The molecule has 3 aromatic rings. The second-order valence-corrected chi connectivity index (χ2v) is 9.01. The van der Waals surface area contributed by atoms with Crippen LogP contribution in [0.3, 0.4) is 0 Å². The zero-order chi connectivity index (χ0) is 23.0. The number of rotatable bonds is 10. The molecule has 2 N–H and O–H groups in total. The summed E-state index contributed by atoms with van der Waals surface area (Å²) in [4.78, 5) is 17.0. The molecule has 1 amide bonds. The minimum atomic E-state index is -3.94. The largest absolute Gasteiger partial charge is 0.494 e. The highest BCUT2D eigenvalue weighted by Gasteiger charge is 2.26. The van der Waals surface area contributed by atoms with Crippen molar-refractivity contribution in [2.24, 2.45) is 0 Å². The number of pyridine rings is 1. The standard InChI is InChI=1S/C24H27N3O4S/c1-3-31-23-10-9-21(15-18(23)2)32(29,30)27-22(16-19-7-5-4-6-8-19)24(28)26-17-20-11-13-25-14-12-20/h4-15,22,27H,3,16-17H2,1-2H3,(H,26,28). The van der Waals surface area contributed by atoms with Gasteiger partial charge in [0.15, 0.2) is 0 Å². The van der Waals surface area contributed by atoms with Gasteiger partial charge >= 0.3 is 0 Å². The lowest BCUT2D eigenvalue weighted by molar-refractivity contribution is -0.122. The Labute approximate surface area is 188 Å². The maximum atomic E-state index is 13.1. The Kier molecular flexibility index (Phi) is 7.97. The van der Waals surface area contributed by atoms with Crippen LogP contribution in [0.1, 0.15) is 23.6 Å². The van der Waals surface area contributed by atoms with Gasteiger partial charge in [-0.3, -0.25) is 9.78 Å². The molecule has 1 atom stereocenters. The Morgan fingerprint density at radius 3 is 2.41 bits per heavy atom. The Hall–Kier alpha value is -3.23. The number of carbonyl (C=O) groups is 1. The Morgan fingerprint density at radius 2 is 1.75 bits per heavy atom. The quantitative estimate of drug-likeness (QED) is 0.492. The maximum absolute atomic E-state index is 13.1. The second-order valence-electron chi connectivity index (χ2n) is 7.30. The van der Waals surface area contributed by atoms with E-state index in [0.717, 1.165) is 11.1 Å². The van der Waals surface area contributed by atoms with Gasteiger partial charge < -0.3 is 10.1 Å². The average molecular weight is 454 g/mol. The van der Waals surface area contributed by atoms with Crippen LogP contribution in [0.2, 0.25) is 0 Å². The van der Waals surface area contributed by atoms with E-state index in [1.54, 1.807) is 43.6 Å². The topological polar surface area (TPSA) is 97.4 Å². The van der Waals surface area contributed by atoms with Gasteiger partial charge in [0, 0.05) is 18.9 Å². The average Bonchev–Trinajstić information content (AvgIpc) is 2.79. The van der Waals surface area contributed by atoms with Gasteiger partial charge in [-0.1, -0.05) is 30.3 Å². The van der Waals surface area contributed by atoms with Crippen molar-refractivity contribution < 1.29 is 17.9 Å². The van der Waals surface area contributed by atoms with E-state index in [-0.39, 0.29) is 17.9 Å². The minimum absolute atomic E-state index is 0.0819. The number of nitrogens with zero attached hydrogens (tertiary/aromatic N) is 1. The maximum Gasteiger partial charge on any atom is 0.241 e. The van der Waals surface area contributed by atoms with E-state index in [2.05, 4.69) is 15.0 Å². The molecular formula is C24H27N3O4S.